The van der Waals surface area contributed by atoms with Gasteiger partial charge in [-0.3, -0.25) is 9.59 Å². The Balaban J connectivity index is 1.38. The van der Waals surface area contributed by atoms with Crippen molar-refractivity contribution in [1.82, 2.24) is 5.32 Å². The summed E-state index contributed by atoms with van der Waals surface area (Å²) in [4.78, 5) is 26.6. The maximum Gasteiger partial charge on any atom is 0.227 e. The molecule has 1 heterocycles. The van der Waals surface area contributed by atoms with Gasteiger partial charge in [0.05, 0.1) is 13.0 Å². The van der Waals surface area contributed by atoms with Crippen molar-refractivity contribution in [2.45, 2.75) is 38.1 Å². The van der Waals surface area contributed by atoms with Gasteiger partial charge in [0, 0.05) is 24.7 Å². The van der Waals surface area contributed by atoms with Gasteiger partial charge in [-0.25, -0.2) is 0 Å². The van der Waals surface area contributed by atoms with E-state index < -0.39 is 0 Å². The summed E-state index contributed by atoms with van der Waals surface area (Å²) < 4.78 is 5.15. The second-order valence-electron chi connectivity index (χ2n) is 7.39. The molecule has 0 aromatic heterocycles. The molecule has 2 aliphatic carbocycles. The number of hydrogen-bond acceptors (Lipinski definition) is 3. The molecule has 24 heavy (non-hydrogen) atoms. The molecule has 1 aliphatic heterocycles. The molecule has 0 radical (unpaired) electrons. The standard InChI is InChI=1S/C19H24N2O3/c1-24-16-6-4-15(5-7-16)21-11-14(10-18(21)22)19(23)20-17-9-12-2-3-13(17)8-12/h4-7,12-14,17H,2-3,8-11H2,1H3,(H,20,23)/t12-,13-,14-,17+/m0/s1. The molecular formula is C19H24N2O3. The molecule has 2 saturated carbocycles. The molecular weight excluding hydrogens is 304 g/mol. The van der Waals surface area contributed by atoms with E-state index in [0.717, 1.165) is 23.8 Å². The Labute approximate surface area is 142 Å². The van der Waals surface area contributed by atoms with Gasteiger partial charge in [-0.15, -0.1) is 0 Å². The monoisotopic (exact) mass is 328 g/mol. The van der Waals surface area contributed by atoms with E-state index in [4.69, 9.17) is 4.74 Å². The number of anilines is 1. The van der Waals surface area contributed by atoms with E-state index in [1.165, 1.54) is 19.3 Å². The zero-order chi connectivity index (χ0) is 16.7. The van der Waals surface area contributed by atoms with Crippen LogP contribution in [0.15, 0.2) is 24.3 Å². The number of nitrogens with one attached hydrogen (secondary N) is 1. The molecule has 1 aromatic rings. The molecule has 0 spiro atoms. The Kier molecular flexibility index (Phi) is 3.94. The number of hydrogen-bond donors (Lipinski definition) is 1. The molecule has 0 unspecified atom stereocenters. The van der Waals surface area contributed by atoms with Crippen LogP contribution in [-0.2, 0) is 9.59 Å². The summed E-state index contributed by atoms with van der Waals surface area (Å²) in [5, 5.41) is 3.23. The lowest BCUT2D eigenvalue weighted by atomic mass is 9.94. The van der Waals surface area contributed by atoms with Gasteiger partial charge in [-0.05, 0) is 55.4 Å². The average molecular weight is 328 g/mol. The molecule has 2 bridgehead atoms. The SMILES string of the molecule is COc1ccc(N2C[C@@H](C(=O)N[C@@H]3C[C@H]4CC[C@H]3C4)CC2=O)cc1. The van der Waals surface area contributed by atoms with E-state index in [2.05, 4.69) is 5.32 Å². The van der Waals surface area contributed by atoms with Gasteiger partial charge < -0.3 is 15.0 Å². The molecule has 4 atom stereocenters. The lowest BCUT2D eigenvalue weighted by molar-refractivity contribution is -0.127. The minimum Gasteiger partial charge on any atom is -0.497 e. The fraction of sp³-hybridized carbons (Fsp3) is 0.579. The summed E-state index contributed by atoms with van der Waals surface area (Å²) in [6.45, 7) is 0.470. The number of fused-ring (bicyclic) bond motifs is 2. The van der Waals surface area contributed by atoms with Gasteiger partial charge in [0.25, 0.3) is 0 Å². The molecule has 1 N–H and O–H groups in total. The number of methoxy groups -OCH3 is 1. The van der Waals surface area contributed by atoms with E-state index in [1.54, 1.807) is 12.0 Å². The summed E-state index contributed by atoms with van der Waals surface area (Å²) >= 11 is 0. The Morgan fingerprint density at radius 1 is 1.21 bits per heavy atom. The van der Waals surface area contributed by atoms with Gasteiger partial charge in [0.2, 0.25) is 11.8 Å². The second kappa shape index (κ2) is 6.11. The first-order valence-corrected chi connectivity index (χ1v) is 8.89. The highest BCUT2D eigenvalue weighted by atomic mass is 16.5. The predicted molar refractivity (Wildman–Crippen MR) is 90.8 cm³/mol. The third-order valence-corrected chi connectivity index (χ3v) is 5.95. The van der Waals surface area contributed by atoms with E-state index in [0.29, 0.717) is 24.9 Å². The fourth-order valence-corrected chi connectivity index (χ4v) is 4.62. The van der Waals surface area contributed by atoms with Crippen molar-refractivity contribution in [3.8, 4) is 5.75 Å². The van der Waals surface area contributed by atoms with Crippen LogP contribution in [0.2, 0.25) is 0 Å². The highest BCUT2D eigenvalue weighted by Crippen LogP contribution is 2.44. The third kappa shape index (κ3) is 2.76. The van der Waals surface area contributed by atoms with Crippen LogP contribution in [0, 0.1) is 17.8 Å². The molecule has 2 amide bonds. The average Bonchev–Trinajstić information content (AvgIpc) is 3.30. The first-order valence-electron chi connectivity index (χ1n) is 8.89. The summed E-state index contributed by atoms with van der Waals surface area (Å²) in [6, 6.07) is 7.75. The van der Waals surface area contributed by atoms with Crippen LogP contribution in [0.4, 0.5) is 5.69 Å². The minimum atomic E-state index is -0.237. The van der Waals surface area contributed by atoms with Crippen molar-refractivity contribution in [1.29, 1.82) is 0 Å². The molecule has 5 heteroatoms. The number of rotatable bonds is 4. The normalized spacial score (nSPS) is 31.5. The smallest absolute Gasteiger partial charge is 0.227 e. The zero-order valence-corrected chi connectivity index (χ0v) is 14.0. The van der Waals surface area contributed by atoms with Crippen LogP contribution >= 0.6 is 0 Å². The Hall–Kier alpha value is -2.04. The lowest BCUT2D eigenvalue weighted by Crippen LogP contribution is -2.42. The van der Waals surface area contributed by atoms with Gasteiger partial charge in [0.15, 0.2) is 0 Å². The van der Waals surface area contributed by atoms with E-state index in [-0.39, 0.29) is 17.7 Å². The van der Waals surface area contributed by atoms with E-state index >= 15 is 0 Å². The summed E-state index contributed by atoms with van der Waals surface area (Å²) in [7, 11) is 1.62. The van der Waals surface area contributed by atoms with Crippen LogP contribution in [0.5, 0.6) is 5.75 Å². The number of ether oxygens (including phenoxy) is 1. The molecule has 4 rings (SSSR count). The quantitative estimate of drug-likeness (QED) is 0.923. The van der Waals surface area contributed by atoms with Crippen molar-refractivity contribution in [2.75, 3.05) is 18.6 Å². The highest BCUT2D eigenvalue weighted by Gasteiger charge is 2.42. The van der Waals surface area contributed by atoms with Gasteiger partial charge in [-0.2, -0.15) is 0 Å². The van der Waals surface area contributed by atoms with Crippen molar-refractivity contribution >= 4 is 17.5 Å². The van der Waals surface area contributed by atoms with Crippen LogP contribution in [0.25, 0.3) is 0 Å². The van der Waals surface area contributed by atoms with E-state index in [1.807, 2.05) is 24.3 Å². The lowest BCUT2D eigenvalue weighted by Gasteiger charge is -2.24. The maximum atomic E-state index is 12.6. The van der Waals surface area contributed by atoms with Crippen LogP contribution in [-0.4, -0.2) is 31.5 Å². The number of carbonyl (C=O) groups excluding carboxylic acids is 2. The molecule has 5 nitrogen and oxygen atoms in total. The second-order valence-corrected chi connectivity index (χ2v) is 7.39. The predicted octanol–water partition coefficient (Wildman–Crippen LogP) is 2.35. The number of nitrogens with zero attached hydrogens (tertiary/aromatic N) is 1. The van der Waals surface area contributed by atoms with Crippen molar-refractivity contribution in [3.63, 3.8) is 0 Å². The molecule has 3 fully saturated rings. The Morgan fingerprint density at radius 3 is 2.62 bits per heavy atom. The van der Waals surface area contributed by atoms with Crippen molar-refractivity contribution < 1.29 is 14.3 Å². The topological polar surface area (TPSA) is 58.6 Å². The maximum absolute atomic E-state index is 12.6. The first-order chi connectivity index (χ1) is 11.6. The van der Waals surface area contributed by atoms with Crippen molar-refractivity contribution in [3.05, 3.63) is 24.3 Å². The Bertz CT molecular complexity index is 643. The minimum absolute atomic E-state index is 0.0215. The third-order valence-electron chi connectivity index (χ3n) is 5.95. The highest BCUT2D eigenvalue weighted by molar-refractivity contribution is 6.00. The summed E-state index contributed by atoms with van der Waals surface area (Å²) in [5.41, 5.74) is 0.830. The zero-order valence-electron chi connectivity index (χ0n) is 14.0. The fourth-order valence-electron chi connectivity index (χ4n) is 4.62. The van der Waals surface area contributed by atoms with Gasteiger partial charge in [0.1, 0.15) is 5.75 Å². The summed E-state index contributed by atoms with van der Waals surface area (Å²) in [6.07, 6.45) is 5.27. The number of amides is 2. The largest absolute Gasteiger partial charge is 0.497 e. The summed E-state index contributed by atoms with van der Waals surface area (Å²) in [5.74, 6) is 2.06. The van der Waals surface area contributed by atoms with Gasteiger partial charge in [-0.1, -0.05) is 6.42 Å². The number of carbonyl (C=O) groups is 2. The van der Waals surface area contributed by atoms with Crippen LogP contribution in [0.1, 0.15) is 32.1 Å². The molecule has 1 saturated heterocycles. The molecule has 3 aliphatic rings. The van der Waals surface area contributed by atoms with Crippen molar-refractivity contribution in [2.24, 2.45) is 17.8 Å². The molecule has 1 aromatic carbocycles. The number of benzene rings is 1. The van der Waals surface area contributed by atoms with Crippen LogP contribution in [0.3, 0.4) is 0 Å². The molecule has 128 valence electrons. The van der Waals surface area contributed by atoms with Gasteiger partial charge >= 0.3 is 0 Å². The first kappa shape index (κ1) is 15.5. The Morgan fingerprint density at radius 2 is 2.00 bits per heavy atom. The van der Waals surface area contributed by atoms with Crippen LogP contribution < -0.4 is 15.0 Å². The van der Waals surface area contributed by atoms with E-state index in [9.17, 15) is 9.59 Å².